The van der Waals surface area contributed by atoms with E-state index >= 15 is 0 Å². The van der Waals surface area contributed by atoms with Crippen LogP contribution in [-0.2, 0) is 24.5 Å². The number of amides is 1. The number of carbonyl (C=O) groups is 1. The van der Waals surface area contributed by atoms with E-state index in [1.54, 1.807) is 16.9 Å². The van der Waals surface area contributed by atoms with Crippen LogP contribution in [0.5, 0.6) is 5.75 Å². The molecule has 0 aliphatic carbocycles. The average Bonchev–Trinajstić information content (AvgIpc) is 3.22. The second-order valence-electron chi connectivity index (χ2n) is 5.62. The minimum Gasteiger partial charge on any atom is -0.487 e. The van der Waals surface area contributed by atoms with Gasteiger partial charge in [-0.2, -0.15) is 5.10 Å². The van der Waals surface area contributed by atoms with Crippen LogP contribution in [0.25, 0.3) is 0 Å². The van der Waals surface area contributed by atoms with Gasteiger partial charge in [0.2, 0.25) is 5.91 Å². The Labute approximate surface area is 145 Å². The lowest BCUT2D eigenvalue weighted by Crippen LogP contribution is -2.19. The van der Waals surface area contributed by atoms with E-state index in [2.05, 4.69) is 20.7 Å². The fraction of sp³-hybridized carbons (Fsp3) is 0.294. The summed E-state index contributed by atoms with van der Waals surface area (Å²) in [5, 5.41) is 14.9. The highest BCUT2D eigenvalue weighted by Gasteiger charge is 2.08. The van der Waals surface area contributed by atoms with Crippen LogP contribution in [0.3, 0.4) is 0 Å². The standard InChI is InChI=1S/C17H20N6O2/c1-3-22-8-7-16(20-22)18-17(24)11-23-10-14(19-21-23)12-25-15-6-4-5-13(2)9-15/h4-10H,3,11-12H2,1-2H3,(H,18,20,24). The number of hydrogen-bond acceptors (Lipinski definition) is 5. The number of nitrogens with zero attached hydrogens (tertiary/aromatic N) is 5. The lowest BCUT2D eigenvalue weighted by Gasteiger charge is -2.04. The van der Waals surface area contributed by atoms with Crippen LogP contribution in [0, 0.1) is 6.92 Å². The maximum absolute atomic E-state index is 12.0. The first kappa shape index (κ1) is 16.7. The van der Waals surface area contributed by atoms with Crippen molar-refractivity contribution in [3.05, 3.63) is 54.0 Å². The van der Waals surface area contributed by atoms with Crippen LogP contribution < -0.4 is 10.1 Å². The van der Waals surface area contributed by atoms with Gasteiger partial charge in [-0.3, -0.25) is 9.48 Å². The number of benzene rings is 1. The normalized spacial score (nSPS) is 10.6. The Kier molecular flexibility index (Phi) is 5.08. The molecule has 0 unspecified atom stereocenters. The lowest BCUT2D eigenvalue weighted by molar-refractivity contribution is -0.116. The van der Waals surface area contributed by atoms with Gasteiger partial charge in [-0.15, -0.1) is 5.10 Å². The van der Waals surface area contributed by atoms with Crippen molar-refractivity contribution >= 4 is 11.7 Å². The molecule has 1 N–H and O–H groups in total. The molecule has 3 rings (SSSR count). The number of ether oxygens (including phenoxy) is 1. The zero-order chi connectivity index (χ0) is 17.6. The van der Waals surface area contributed by atoms with Gasteiger partial charge in [-0.25, -0.2) is 4.68 Å². The Morgan fingerprint density at radius 1 is 1.28 bits per heavy atom. The summed E-state index contributed by atoms with van der Waals surface area (Å²) in [5.74, 6) is 1.09. The number of rotatable bonds is 7. The van der Waals surface area contributed by atoms with E-state index in [0.717, 1.165) is 17.9 Å². The maximum atomic E-state index is 12.0. The predicted octanol–water partition coefficient (Wildman–Crippen LogP) is 2.02. The number of aryl methyl sites for hydroxylation is 2. The molecule has 1 amide bonds. The molecule has 1 aromatic carbocycles. The van der Waals surface area contributed by atoms with Gasteiger partial charge >= 0.3 is 0 Å². The lowest BCUT2D eigenvalue weighted by atomic mass is 10.2. The monoisotopic (exact) mass is 340 g/mol. The molecule has 2 aromatic heterocycles. The number of carbonyl (C=O) groups excluding carboxylic acids is 1. The number of nitrogens with one attached hydrogen (secondary N) is 1. The van der Waals surface area contributed by atoms with Crippen molar-refractivity contribution in [3.63, 3.8) is 0 Å². The van der Waals surface area contributed by atoms with Crippen LogP contribution >= 0.6 is 0 Å². The van der Waals surface area contributed by atoms with Crippen molar-refractivity contribution in [1.82, 2.24) is 24.8 Å². The van der Waals surface area contributed by atoms with Gasteiger partial charge in [-0.05, 0) is 31.5 Å². The van der Waals surface area contributed by atoms with Crippen molar-refractivity contribution in [2.75, 3.05) is 5.32 Å². The fourth-order valence-electron chi connectivity index (χ4n) is 2.28. The van der Waals surface area contributed by atoms with Gasteiger partial charge in [0.05, 0.1) is 6.20 Å². The molecule has 0 saturated heterocycles. The summed E-state index contributed by atoms with van der Waals surface area (Å²) in [5.41, 5.74) is 1.79. The topological polar surface area (TPSA) is 86.9 Å². The summed E-state index contributed by atoms with van der Waals surface area (Å²) < 4.78 is 8.89. The predicted molar refractivity (Wildman–Crippen MR) is 92.1 cm³/mol. The second kappa shape index (κ2) is 7.61. The van der Waals surface area contributed by atoms with E-state index in [9.17, 15) is 4.79 Å². The maximum Gasteiger partial charge on any atom is 0.247 e. The summed E-state index contributed by atoms with van der Waals surface area (Å²) in [6.07, 6.45) is 3.51. The zero-order valence-electron chi connectivity index (χ0n) is 14.2. The fourth-order valence-corrected chi connectivity index (χ4v) is 2.28. The summed E-state index contributed by atoms with van der Waals surface area (Å²) in [6.45, 7) is 5.10. The third-order valence-electron chi connectivity index (χ3n) is 3.50. The van der Waals surface area contributed by atoms with E-state index in [0.29, 0.717) is 18.1 Å². The molecule has 8 heteroatoms. The smallest absolute Gasteiger partial charge is 0.247 e. The highest BCUT2D eigenvalue weighted by molar-refractivity contribution is 5.89. The first-order valence-corrected chi connectivity index (χ1v) is 8.04. The molecular weight excluding hydrogens is 320 g/mol. The van der Waals surface area contributed by atoms with Crippen LogP contribution in [-0.4, -0.2) is 30.7 Å². The van der Waals surface area contributed by atoms with E-state index in [-0.39, 0.29) is 12.5 Å². The van der Waals surface area contributed by atoms with Crippen molar-refractivity contribution in [1.29, 1.82) is 0 Å². The minimum atomic E-state index is -0.211. The third kappa shape index (κ3) is 4.66. The molecule has 0 spiro atoms. The van der Waals surface area contributed by atoms with E-state index in [4.69, 9.17) is 4.74 Å². The molecule has 130 valence electrons. The van der Waals surface area contributed by atoms with Crippen LogP contribution in [0.15, 0.2) is 42.7 Å². The molecule has 25 heavy (non-hydrogen) atoms. The Morgan fingerprint density at radius 3 is 2.92 bits per heavy atom. The minimum absolute atomic E-state index is 0.0659. The molecule has 0 fully saturated rings. The van der Waals surface area contributed by atoms with E-state index in [1.165, 1.54) is 4.68 Å². The Hall–Kier alpha value is -3.16. The van der Waals surface area contributed by atoms with Crippen molar-refractivity contribution in [2.24, 2.45) is 0 Å². The van der Waals surface area contributed by atoms with Gasteiger partial charge in [0, 0.05) is 18.8 Å². The Morgan fingerprint density at radius 2 is 2.16 bits per heavy atom. The molecule has 0 saturated carbocycles. The largest absolute Gasteiger partial charge is 0.487 e. The SMILES string of the molecule is CCn1ccc(NC(=O)Cn2cc(COc3cccc(C)c3)nn2)n1. The quantitative estimate of drug-likeness (QED) is 0.711. The van der Waals surface area contributed by atoms with Gasteiger partial charge < -0.3 is 10.1 Å². The summed E-state index contributed by atoms with van der Waals surface area (Å²) >= 11 is 0. The molecule has 0 atom stereocenters. The van der Waals surface area contributed by atoms with E-state index < -0.39 is 0 Å². The Bertz CT molecular complexity index is 854. The summed E-state index contributed by atoms with van der Waals surface area (Å²) in [6, 6.07) is 9.54. The molecule has 0 radical (unpaired) electrons. The van der Waals surface area contributed by atoms with Crippen molar-refractivity contribution in [3.8, 4) is 5.75 Å². The van der Waals surface area contributed by atoms with Crippen molar-refractivity contribution in [2.45, 2.75) is 33.5 Å². The second-order valence-corrected chi connectivity index (χ2v) is 5.62. The third-order valence-corrected chi connectivity index (χ3v) is 3.50. The highest BCUT2D eigenvalue weighted by Crippen LogP contribution is 2.13. The van der Waals surface area contributed by atoms with Crippen LogP contribution in [0.1, 0.15) is 18.2 Å². The van der Waals surface area contributed by atoms with Gasteiger partial charge in [0.15, 0.2) is 5.82 Å². The number of anilines is 1. The first-order valence-electron chi connectivity index (χ1n) is 8.04. The summed E-state index contributed by atoms with van der Waals surface area (Å²) in [7, 11) is 0. The molecule has 0 aliphatic rings. The molecule has 2 heterocycles. The molecule has 0 bridgehead atoms. The number of hydrogen-bond donors (Lipinski definition) is 1. The van der Waals surface area contributed by atoms with Gasteiger partial charge in [-0.1, -0.05) is 17.3 Å². The highest BCUT2D eigenvalue weighted by atomic mass is 16.5. The van der Waals surface area contributed by atoms with E-state index in [1.807, 2.05) is 44.3 Å². The molecule has 0 aliphatic heterocycles. The molecule has 3 aromatic rings. The van der Waals surface area contributed by atoms with Gasteiger partial charge in [0.25, 0.3) is 0 Å². The first-order chi connectivity index (χ1) is 12.1. The summed E-state index contributed by atoms with van der Waals surface area (Å²) in [4.78, 5) is 12.0. The average molecular weight is 340 g/mol. The van der Waals surface area contributed by atoms with Crippen molar-refractivity contribution < 1.29 is 9.53 Å². The number of aromatic nitrogens is 5. The molecular formula is C17H20N6O2. The zero-order valence-corrected chi connectivity index (χ0v) is 14.2. The van der Waals surface area contributed by atoms with Crippen LogP contribution in [0.4, 0.5) is 5.82 Å². The van der Waals surface area contributed by atoms with Gasteiger partial charge in [0.1, 0.15) is 24.6 Å². The molecule has 8 nitrogen and oxygen atoms in total. The Balaban J connectivity index is 1.51. The van der Waals surface area contributed by atoms with Crippen LogP contribution in [0.2, 0.25) is 0 Å².